The molecule has 1 unspecified atom stereocenters. The molecule has 4 rings (SSSR count). The Bertz CT molecular complexity index is 1240. The van der Waals surface area contributed by atoms with Crippen molar-refractivity contribution in [3.63, 3.8) is 0 Å². The molecular formula is C30H35FN2O5. The van der Waals surface area contributed by atoms with Crippen LogP contribution in [0.5, 0.6) is 11.5 Å². The van der Waals surface area contributed by atoms with E-state index in [0.29, 0.717) is 34.4 Å². The lowest BCUT2D eigenvalue weighted by Crippen LogP contribution is -2.28. The number of hydrogen-bond donors (Lipinski definition) is 3. The second-order valence-electron chi connectivity index (χ2n) is 9.84. The molecule has 1 aliphatic rings. The van der Waals surface area contributed by atoms with Gasteiger partial charge in [0.05, 0.1) is 25.1 Å². The lowest BCUT2D eigenvalue weighted by Gasteiger charge is -2.27. The molecule has 0 saturated carbocycles. The van der Waals surface area contributed by atoms with Crippen molar-refractivity contribution < 1.29 is 28.9 Å². The molecule has 38 heavy (non-hydrogen) atoms. The topological polar surface area (TPSA) is 101 Å². The van der Waals surface area contributed by atoms with Gasteiger partial charge < -0.3 is 25.0 Å². The monoisotopic (exact) mass is 522 g/mol. The minimum Gasteiger partial charge on any atom is -0.493 e. The number of ketones is 1. The number of carbonyl (C=O) groups excluding carboxylic acids is 1. The maximum atomic E-state index is 13.6. The molecule has 3 aromatic rings. The van der Waals surface area contributed by atoms with Crippen LogP contribution < -0.4 is 14.8 Å². The van der Waals surface area contributed by atoms with Gasteiger partial charge in [0.25, 0.3) is 0 Å². The highest BCUT2D eigenvalue weighted by atomic mass is 19.1. The Hall–Kier alpha value is -3.33. The first kappa shape index (κ1) is 27.7. The van der Waals surface area contributed by atoms with Crippen molar-refractivity contribution in [3.05, 3.63) is 77.2 Å². The van der Waals surface area contributed by atoms with Gasteiger partial charge in [-0.05, 0) is 105 Å². The van der Waals surface area contributed by atoms with Gasteiger partial charge in [0.15, 0.2) is 17.3 Å². The zero-order chi connectivity index (χ0) is 27.1. The summed E-state index contributed by atoms with van der Waals surface area (Å²) in [5.74, 6) is 0.700. The maximum Gasteiger partial charge on any atom is 0.163 e. The minimum absolute atomic E-state index is 0.0954. The quantitative estimate of drug-likeness (QED) is 0.316. The zero-order valence-corrected chi connectivity index (χ0v) is 21.9. The number of rotatable bonds is 11. The van der Waals surface area contributed by atoms with Gasteiger partial charge in [-0.25, -0.2) is 9.37 Å². The van der Waals surface area contributed by atoms with Crippen molar-refractivity contribution in [2.24, 2.45) is 0 Å². The Morgan fingerprint density at radius 3 is 2.53 bits per heavy atom. The molecule has 1 fully saturated rings. The highest BCUT2D eigenvalue weighted by Crippen LogP contribution is 2.34. The number of carbonyl (C=O) groups is 1. The predicted octanol–water partition coefficient (Wildman–Crippen LogP) is 4.61. The highest BCUT2D eigenvalue weighted by Gasteiger charge is 2.29. The van der Waals surface area contributed by atoms with Gasteiger partial charge in [-0.2, -0.15) is 0 Å². The van der Waals surface area contributed by atoms with Crippen LogP contribution in [0.1, 0.15) is 60.1 Å². The molecular weight excluding hydrogens is 487 g/mol. The van der Waals surface area contributed by atoms with Crippen LogP contribution in [0, 0.1) is 5.82 Å². The predicted molar refractivity (Wildman–Crippen MR) is 143 cm³/mol. The van der Waals surface area contributed by atoms with Crippen LogP contribution in [0.25, 0.3) is 11.3 Å². The third kappa shape index (κ3) is 6.75. The molecule has 1 aliphatic heterocycles. The number of piperidine rings is 1. The number of methoxy groups -OCH3 is 1. The van der Waals surface area contributed by atoms with Crippen LogP contribution in [0.15, 0.2) is 54.6 Å². The Morgan fingerprint density at radius 1 is 1.11 bits per heavy atom. The number of benzene rings is 2. The molecule has 1 atom stereocenters. The Balaban J connectivity index is 1.57. The normalized spacial score (nSPS) is 15.6. The van der Waals surface area contributed by atoms with Gasteiger partial charge in [0.1, 0.15) is 18.0 Å². The maximum absolute atomic E-state index is 13.6. The summed E-state index contributed by atoms with van der Waals surface area (Å²) in [6.45, 7) is 3.51. The average molecular weight is 523 g/mol. The fraction of sp³-hybridized carbons (Fsp3) is 0.400. The molecule has 0 amide bonds. The SMILES string of the molecule is COc1cc(C(=O)CCC(C)(O)c2cc(C3CCNCC3)cc(-c3ccc(F)cc3)n2)ccc1OCCO. The van der Waals surface area contributed by atoms with E-state index < -0.39 is 5.60 Å². The summed E-state index contributed by atoms with van der Waals surface area (Å²) in [6, 6.07) is 15.0. The van der Waals surface area contributed by atoms with Gasteiger partial charge >= 0.3 is 0 Å². The van der Waals surface area contributed by atoms with E-state index in [2.05, 4.69) is 5.32 Å². The fourth-order valence-corrected chi connectivity index (χ4v) is 4.73. The number of Topliss-reactive ketones (excluding diaryl/α,β-unsaturated/α-hetero) is 1. The number of aliphatic hydroxyl groups excluding tert-OH is 1. The van der Waals surface area contributed by atoms with Gasteiger partial charge in [-0.1, -0.05) is 0 Å². The second-order valence-corrected chi connectivity index (χ2v) is 9.84. The first-order chi connectivity index (χ1) is 18.3. The van der Waals surface area contributed by atoms with Crippen LogP contribution >= 0.6 is 0 Å². The molecule has 1 aromatic heterocycles. The fourth-order valence-electron chi connectivity index (χ4n) is 4.73. The summed E-state index contributed by atoms with van der Waals surface area (Å²) in [6.07, 6.45) is 2.22. The Labute approximate surface area is 222 Å². The molecule has 0 spiro atoms. The van der Waals surface area contributed by atoms with E-state index in [-0.39, 0.29) is 37.7 Å². The van der Waals surface area contributed by atoms with Crippen LogP contribution in [0.2, 0.25) is 0 Å². The molecule has 7 nitrogen and oxygen atoms in total. The highest BCUT2D eigenvalue weighted by molar-refractivity contribution is 5.96. The summed E-state index contributed by atoms with van der Waals surface area (Å²) in [5, 5.41) is 23.9. The van der Waals surface area contributed by atoms with Gasteiger partial charge in [-0.15, -0.1) is 0 Å². The number of pyridine rings is 1. The number of aliphatic hydroxyl groups is 2. The first-order valence-electron chi connectivity index (χ1n) is 13.0. The zero-order valence-electron chi connectivity index (χ0n) is 21.9. The van der Waals surface area contributed by atoms with Crippen molar-refractivity contribution in [1.29, 1.82) is 0 Å². The van der Waals surface area contributed by atoms with E-state index in [1.54, 1.807) is 37.3 Å². The largest absolute Gasteiger partial charge is 0.493 e. The van der Waals surface area contributed by atoms with Crippen molar-refractivity contribution in [3.8, 4) is 22.8 Å². The number of ether oxygens (including phenoxy) is 2. The van der Waals surface area contributed by atoms with Gasteiger partial charge in [0.2, 0.25) is 0 Å². The first-order valence-corrected chi connectivity index (χ1v) is 13.0. The summed E-state index contributed by atoms with van der Waals surface area (Å²) < 4.78 is 24.3. The Morgan fingerprint density at radius 2 is 1.84 bits per heavy atom. The van der Waals surface area contributed by atoms with Gasteiger partial charge in [0, 0.05) is 17.5 Å². The molecule has 3 N–H and O–H groups in total. The van der Waals surface area contributed by atoms with E-state index in [4.69, 9.17) is 19.6 Å². The molecule has 1 saturated heterocycles. The van der Waals surface area contributed by atoms with Gasteiger partial charge in [-0.3, -0.25) is 4.79 Å². The third-order valence-corrected chi connectivity index (χ3v) is 7.02. The third-order valence-electron chi connectivity index (χ3n) is 7.02. The molecule has 2 heterocycles. The Kier molecular flexibility index (Phi) is 9.09. The van der Waals surface area contributed by atoms with Crippen LogP contribution in [0.4, 0.5) is 4.39 Å². The molecule has 0 radical (unpaired) electrons. The number of aromatic nitrogens is 1. The lowest BCUT2D eigenvalue weighted by molar-refractivity contribution is 0.0397. The van der Waals surface area contributed by atoms with E-state index in [9.17, 15) is 14.3 Å². The van der Waals surface area contributed by atoms with Crippen LogP contribution in [0.3, 0.4) is 0 Å². The van der Waals surface area contributed by atoms with Crippen molar-refractivity contribution in [2.75, 3.05) is 33.4 Å². The van der Waals surface area contributed by atoms with E-state index >= 15 is 0 Å². The van der Waals surface area contributed by atoms with E-state index in [1.165, 1.54) is 19.2 Å². The second kappa shape index (κ2) is 12.5. The summed E-state index contributed by atoms with van der Waals surface area (Å²) in [7, 11) is 1.49. The molecule has 0 aliphatic carbocycles. The minimum atomic E-state index is -1.36. The van der Waals surface area contributed by atoms with Crippen molar-refractivity contribution in [2.45, 2.75) is 44.1 Å². The molecule has 0 bridgehead atoms. The summed E-state index contributed by atoms with van der Waals surface area (Å²) >= 11 is 0. The molecule has 8 heteroatoms. The number of nitrogens with zero attached hydrogens (tertiary/aromatic N) is 1. The van der Waals surface area contributed by atoms with Crippen molar-refractivity contribution in [1.82, 2.24) is 10.3 Å². The molecule has 202 valence electrons. The van der Waals surface area contributed by atoms with Crippen molar-refractivity contribution >= 4 is 5.78 Å². The van der Waals surface area contributed by atoms with E-state index in [0.717, 1.165) is 37.1 Å². The number of halogens is 1. The van der Waals surface area contributed by atoms with Crippen LogP contribution in [-0.2, 0) is 5.60 Å². The van der Waals surface area contributed by atoms with E-state index in [1.807, 2.05) is 12.1 Å². The molecule has 2 aromatic carbocycles. The summed E-state index contributed by atoms with van der Waals surface area (Å²) in [4.78, 5) is 17.8. The lowest BCUT2D eigenvalue weighted by atomic mass is 9.86. The number of nitrogens with one attached hydrogen (secondary N) is 1. The average Bonchev–Trinajstić information content (AvgIpc) is 2.95. The number of hydrogen-bond acceptors (Lipinski definition) is 7. The standard InChI is InChI=1S/C30H35FN2O5/c1-30(36,12-9-26(35)22-5-8-27(38-16-15-34)28(18-22)37-2)29-19-23(20-10-13-32-14-11-20)17-25(33-29)21-3-6-24(31)7-4-21/h3-8,17-20,32,34,36H,9-16H2,1-2H3. The smallest absolute Gasteiger partial charge is 0.163 e. The van der Waals surface area contributed by atoms with Crippen LogP contribution in [-0.4, -0.2) is 54.4 Å². The summed E-state index contributed by atoms with van der Waals surface area (Å²) in [5.41, 5.74) is 2.10.